The third kappa shape index (κ3) is 2.50. The van der Waals surface area contributed by atoms with Crippen LogP contribution in [0.3, 0.4) is 0 Å². The van der Waals surface area contributed by atoms with Crippen LogP contribution < -0.4 is 0 Å². The van der Waals surface area contributed by atoms with E-state index in [9.17, 15) is 9.18 Å². The maximum Gasteiger partial charge on any atom is 0.137 e. The number of rotatable bonds is 1. The van der Waals surface area contributed by atoms with Gasteiger partial charge >= 0.3 is 0 Å². The Labute approximate surface area is 124 Å². The number of hydrogen-bond donors (Lipinski definition) is 0. The number of nitrogens with zero attached hydrogens (tertiary/aromatic N) is 1. The van der Waals surface area contributed by atoms with Crippen LogP contribution in [0.2, 0.25) is 0 Å². The molecule has 1 saturated carbocycles. The summed E-state index contributed by atoms with van der Waals surface area (Å²) in [6.45, 7) is 0. The van der Waals surface area contributed by atoms with Crippen molar-refractivity contribution >= 4 is 39.3 Å². The van der Waals surface area contributed by atoms with E-state index in [1.54, 1.807) is 18.3 Å². The Morgan fingerprint density at radius 3 is 2.74 bits per heavy atom. The molecule has 0 aliphatic heterocycles. The van der Waals surface area contributed by atoms with Crippen molar-refractivity contribution < 1.29 is 9.18 Å². The lowest BCUT2D eigenvalue weighted by Crippen LogP contribution is -2.12. The van der Waals surface area contributed by atoms with E-state index in [1.165, 1.54) is 0 Å². The van der Waals surface area contributed by atoms with Crippen LogP contribution in [0, 0.1) is 9.39 Å². The van der Waals surface area contributed by atoms with Crippen molar-refractivity contribution in [1.29, 1.82) is 0 Å². The highest BCUT2D eigenvalue weighted by Crippen LogP contribution is 2.35. The Bertz CT molecular complexity index is 646. The van der Waals surface area contributed by atoms with Crippen LogP contribution in [0.1, 0.15) is 37.2 Å². The van der Waals surface area contributed by atoms with E-state index < -0.39 is 0 Å². The van der Waals surface area contributed by atoms with Gasteiger partial charge in [0.2, 0.25) is 0 Å². The van der Waals surface area contributed by atoms with Crippen molar-refractivity contribution in [2.75, 3.05) is 0 Å². The van der Waals surface area contributed by atoms with Crippen molar-refractivity contribution in [1.82, 2.24) is 4.98 Å². The van der Waals surface area contributed by atoms with Gasteiger partial charge in [-0.1, -0.05) is 0 Å². The third-order valence-electron chi connectivity index (χ3n) is 3.80. The number of fused-ring (bicyclic) bond motifs is 1. The zero-order valence-corrected chi connectivity index (χ0v) is 12.5. The molecule has 1 aromatic carbocycles. The monoisotopic (exact) mass is 369 g/mol. The lowest BCUT2D eigenvalue weighted by Gasteiger charge is -2.22. The SMILES string of the molecule is O=C1CCC(c2ccnc3cc(I)c(F)cc23)CC1. The van der Waals surface area contributed by atoms with Gasteiger partial charge in [-0.25, -0.2) is 4.39 Å². The summed E-state index contributed by atoms with van der Waals surface area (Å²) in [5.41, 5.74) is 1.97. The summed E-state index contributed by atoms with van der Waals surface area (Å²) in [7, 11) is 0. The Morgan fingerprint density at radius 1 is 1.26 bits per heavy atom. The second-order valence-corrected chi connectivity index (χ2v) is 6.16. The number of carbonyl (C=O) groups excluding carboxylic acids is 1. The number of Topliss-reactive ketones (excluding diaryl/α,β-unsaturated/α-hetero) is 1. The van der Waals surface area contributed by atoms with E-state index in [1.807, 2.05) is 28.7 Å². The van der Waals surface area contributed by atoms with Crippen LogP contribution in [-0.4, -0.2) is 10.8 Å². The standard InChI is InChI=1S/C15H13FINO/c16-13-7-12-11(9-1-3-10(19)4-2-9)5-6-18-15(12)8-14(13)17/h5-9H,1-4H2. The average Bonchev–Trinajstić information content (AvgIpc) is 2.41. The first-order chi connectivity index (χ1) is 9.15. The average molecular weight is 369 g/mol. The summed E-state index contributed by atoms with van der Waals surface area (Å²) in [4.78, 5) is 15.6. The molecule has 0 spiro atoms. The Morgan fingerprint density at radius 2 is 2.00 bits per heavy atom. The number of hydrogen-bond acceptors (Lipinski definition) is 2. The summed E-state index contributed by atoms with van der Waals surface area (Å²) in [6, 6.07) is 5.33. The predicted molar refractivity (Wildman–Crippen MR) is 80.6 cm³/mol. The first-order valence-corrected chi connectivity index (χ1v) is 7.48. The van der Waals surface area contributed by atoms with Gasteiger partial charge in [0.15, 0.2) is 0 Å². The molecule has 3 rings (SSSR count). The lowest BCUT2D eigenvalue weighted by atomic mass is 9.82. The molecular formula is C15H13FINO. The molecule has 0 saturated heterocycles. The van der Waals surface area contributed by atoms with Gasteiger partial charge in [0.25, 0.3) is 0 Å². The van der Waals surface area contributed by atoms with Crippen molar-refractivity contribution in [3.05, 3.63) is 39.3 Å². The first-order valence-electron chi connectivity index (χ1n) is 6.40. The fourth-order valence-corrected chi connectivity index (χ4v) is 3.22. The van der Waals surface area contributed by atoms with Crippen LogP contribution >= 0.6 is 22.6 Å². The minimum Gasteiger partial charge on any atom is -0.300 e. The van der Waals surface area contributed by atoms with Gasteiger partial charge in [-0.3, -0.25) is 9.78 Å². The van der Waals surface area contributed by atoms with Crippen molar-refractivity contribution in [3.63, 3.8) is 0 Å². The highest BCUT2D eigenvalue weighted by molar-refractivity contribution is 14.1. The van der Waals surface area contributed by atoms with Gasteiger partial charge in [0.1, 0.15) is 11.6 Å². The molecule has 0 unspecified atom stereocenters. The highest BCUT2D eigenvalue weighted by atomic mass is 127. The molecule has 0 radical (unpaired) electrons. The molecule has 2 nitrogen and oxygen atoms in total. The Kier molecular flexibility index (Phi) is 3.52. The molecule has 19 heavy (non-hydrogen) atoms. The van der Waals surface area contributed by atoms with Gasteiger partial charge < -0.3 is 0 Å². The molecule has 0 amide bonds. The molecule has 1 fully saturated rings. The van der Waals surface area contributed by atoms with Gasteiger partial charge in [-0.15, -0.1) is 0 Å². The van der Waals surface area contributed by atoms with Crippen LogP contribution in [-0.2, 0) is 4.79 Å². The lowest BCUT2D eigenvalue weighted by molar-refractivity contribution is -0.120. The van der Waals surface area contributed by atoms with Crippen molar-refractivity contribution in [3.8, 4) is 0 Å². The summed E-state index contributed by atoms with van der Waals surface area (Å²) in [5, 5.41) is 0.889. The van der Waals surface area contributed by atoms with Gasteiger partial charge in [0, 0.05) is 24.4 Å². The molecule has 1 aliphatic rings. The van der Waals surface area contributed by atoms with Crippen LogP contribution in [0.4, 0.5) is 4.39 Å². The molecule has 1 heterocycles. The van der Waals surface area contributed by atoms with E-state index in [4.69, 9.17) is 0 Å². The number of benzene rings is 1. The second kappa shape index (κ2) is 5.15. The normalized spacial score (nSPS) is 17.1. The molecule has 0 atom stereocenters. The molecule has 4 heteroatoms. The van der Waals surface area contributed by atoms with E-state index in [2.05, 4.69) is 4.98 Å². The van der Waals surface area contributed by atoms with Crippen molar-refractivity contribution in [2.45, 2.75) is 31.6 Å². The number of pyridine rings is 1. The largest absolute Gasteiger partial charge is 0.300 e. The molecule has 0 N–H and O–H groups in total. The third-order valence-corrected chi connectivity index (χ3v) is 4.63. The summed E-state index contributed by atoms with van der Waals surface area (Å²) in [5.74, 6) is 0.493. The van der Waals surface area contributed by atoms with E-state index in [0.717, 1.165) is 29.3 Å². The predicted octanol–water partition coefficient (Wildman–Crippen LogP) is 4.21. The maximum absolute atomic E-state index is 13.8. The number of aromatic nitrogens is 1. The van der Waals surface area contributed by atoms with Gasteiger partial charge in [-0.05, 0) is 65.1 Å². The number of carbonyl (C=O) groups is 1. The molecular weight excluding hydrogens is 356 g/mol. The molecule has 98 valence electrons. The highest BCUT2D eigenvalue weighted by Gasteiger charge is 2.22. The van der Waals surface area contributed by atoms with Crippen LogP contribution in [0.15, 0.2) is 24.4 Å². The smallest absolute Gasteiger partial charge is 0.137 e. The van der Waals surface area contributed by atoms with E-state index in [-0.39, 0.29) is 5.82 Å². The quantitative estimate of drug-likeness (QED) is 0.706. The maximum atomic E-state index is 13.8. The fraction of sp³-hybridized carbons (Fsp3) is 0.333. The first kappa shape index (κ1) is 13.0. The molecule has 0 bridgehead atoms. The molecule has 1 aromatic heterocycles. The van der Waals surface area contributed by atoms with Gasteiger partial charge in [0.05, 0.1) is 9.09 Å². The zero-order valence-electron chi connectivity index (χ0n) is 10.3. The minimum absolute atomic E-state index is 0.200. The Hall–Kier alpha value is -1.04. The summed E-state index contributed by atoms with van der Waals surface area (Å²) < 4.78 is 14.4. The number of halogens is 2. The molecule has 1 aliphatic carbocycles. The van der Waals surface area contributed by atoms with E-state index in [0.29, 0.717) is 28.1 Å². The van der Waals surface area contributed by atoms with E-state index >= 15 is 0 Å². The minimum atomic E-state index is -0.200. The number of ketones is 1. The van der Waals surface area contributed by atoms with Gasteiger partial charge in [-0.2, -0.15) is 0 Å². The fourth-order valence-electron chi connectivity index (χ4n) is 2.77. The van der Waals surface area contributed by atoms with Crippen LogP contribution in [0.5, 0.6) is 0 Å². The van der Waals surface area contributed by atoms with Crippen LogP contribution in [0.25, 0.3) is 10.9 Å². The topological polar surface area (TPSA) is 30.0 Å². The van der Waals surface area contributed by atoms with Crippen molar-refractivity contribution in [2.24, 2.45) is 0 Å². The molecule has 2 aromatic rings. The summed E-state index contributed by atoms with van der Waals surface area (Å²) in [6.07, 6.45) is 4.79. The zero-order chi connectivity index (χ0) is 13.4. The summed E-state index contributed by atoms with van der Waals surface area (Å²) >= 11 is 1.98. The second-order valence-electron chi connectivity index (χ2n) is 5.00. The Balaban J connectivity index is 2.08.